The molecule has 0 bridgehead atoms. The Labute approximate surface area is 222 Å². The third-order valence-electron chi connectivity index (χ3n) is 7.09. The number of fused-ring (bicyclic) bond motifs is 1. The number of hydrogen-bond acceptors (Lipinski definition) is 5. The van der Waals surface area contributed by atoms with Crippen LogP contribution >= 0.6 is 0 Å². The molecule has 1 aliphatic carbocycles. The van der Waals surface area contributed by atoms with E-state index in [1.54, 1.807) is 20.1 Å². The van der Waals surface area contributed by atoms with Crippen molar-refractivity contribution in [1.82, 2.24) is 9.78 Å². The van der Waals surface area contributed by atoms with Gasteiger partial charge in [0.2, 0.25) is 5.69 Å². The number of rotatable bonds is 10. The normalized spacial score (nSPS) is 13.1. The minimum absolute atomic E-state index is 0.155. The average Bonchev–Trinajstić information content (AvgIpc) is 3.26. The van der Waals surface area contributed by atoms with Crippen LogP contribution in [0.25, 0.3) is 26.9 Å². The van der Waals surface area contributed by atoms with E-state index in [0.717, 1.165) is 39.8 Å². The highest BCUT2D eigenvalue weighted by molar-refractivity contribution is 5.89. The Morgan fingerprint density at radius 1 is 1.13 bits per heavy atom. The smallest absolute Gasteiger partial charge is 0.310 e. The predicted octanol–water partition coefficient (Wildman–Crippen LogP) is 6.75. The summed E-state index contributed by atoms with van der Waals surface area (Å²) in [6.07, 6.45) is 3.89. The number of esters is 1. The molecule has 0 saturated heterocycles. The van der Waals surface area contributed by atoms with Crippen molar-refractivity contribution in [1.29, 1.82) is 0 Å². The summed E-state index contributed by atoms with van der Waals surface area (Å²) in [7, 11) is 1.59. The number of benzene rings is 3. The summed E-state index contributed by atoms with van der Waals surface area (Å²) in [6, 6.07) is 19.4. The van der Waals surface area contributed by atoms with Gasteiger partial charge in [-0.25, -0.2) is 4.85 Å². The zero-order valence-corrected chi connectivity index (χ0v) is 21.8. The second-order valence-corrected chi connectivity index (χ2v) is 9.51. The Kier molecular flexibility index (Phi) is 7.60. The van der Waals surface area contributed by atoms with Crippen molar-refractivity contribution in [3.8, 4) is 22.6 Å². The molecule has 0 spiro atoms. The van der Waals surface area contributed by atoms with Gasteiger partial charge in [0, 0.05) is 23.1 Å². The number of nitrogens with zero attached hydrogens (tertiary/aromatic N) is 3. The SMILES string of the molecule is [C-]#[N+]c1cccc(-c2ccc3c(c2)c(COc2ccccc2CC(=O)OCC)nn3CC2CCC2)c1OC. The molecule has 7 heteroatoms. The highest BCUT2D eigenvalue weighted by Crippen LogP contribution is 2.39. The van der Waals surface area contributed by atoms with E-state index >= 15 is 0 Å². The number of carbonyl (C=O) groups is 1. The van der Waals surface area contributed by atoms with E-state index < -0.39 is 0 Å². The van der Waals surface area contributed by atoms with Gasteiger partial charge in [-0.05, 0) is 49.4 Å². The number of methoxy groups -OCH3 is 1. The molecule has 1 fully saturated rings. The number of carbonyl (C=O) groups excluding carboxylic acids is 1. The quantitative estimate of drug-likeness (QED) is 0.175. The summed E-state index contributed by atoms with van der Waals surface area (Å²) >= 11 is 0. The molecule has 1 aromatic heterocycles. The molecule has 4 aromatic rings. The maximum Gasteiger partial charge on any atom is 0.310 e. The Morgan fingerprint density at radius 2 is 1.97 bits per heavy atom. The third-order valence-corrected chi connectivity index (χ3v) is 7.09. The first-order valence-electron chi connectivity index (χ1n) is 13.0. The molecule has 1 saturated carbocycles. The van der Waals surface area contributed by atoms with Gasteiger partial charge in [-0.1, -0.05) is 48.9 Å². The van der Waals surface area contributed by atoms with Gasteiger partial charge in [-0.3, -0.25) is 9.48 Å². The molecule has 7 nitrogen and oxygen atoms in total. The van der Waals surface area contributed by atoms with Crippen molar-refractivity contribution in [2.24, 2.45) is 5.92 Å². The molecule has 1 aliphatic rings. The Morgan fingerprint density at radius 3 is 2.71 bits per heavy atom. The number of ether oxygens (including phenoxy) is 3. The fourth-order valence-corrected chi connectivity index (χ4v) is 4.94. The number of para-hydroxylation sites is 2. The third kappa shape index (κ3) is 5.21. The van der Waals surface area contributed by atoms with Crippen molar-refractivity contribution in [3.05, 3.63) is 83.3 Å². The van der Waals surface area contributed by atoms with Crippen molar-refractivity contribution in [3.63, 3.8) is 0 Å². The van der Waals surface area contributed by atoms with Gasteiger partial charge >= 0.3 is 5.97 Å². The molecule has 0 aliphatic heterocycles. The van der Waals surface area contributed by atoms with E-state index in [2.05, 4.69) is 27.7 Å². The number of hydrogen-bond donors (Lipinski definition) is 0. The Balaban J connectivity index is 1.50. The zero-order chi connectivity index (χ0) is 26.5. The van der Waals surface area contributed by atoms with E-state index in [1.807, 2.05) is 36.4 Å². The first kappa shape index (κ1) is 25.3. The molecule has 3 aromatic carbocycles. The van der Waals surface area contributed by atoms with Crippen LogP contribution in [-0.4, -0.2) is 29.5 Å². The zero-order valence-electron chi connectivity index (χ0n) is 21.8. The van der Waals surface area contributed by atoms with Crippen molar-refractivity contribution in [2.45, 2.75) is 45.8 Å². The standard InChI is InChI=1S/C31H31N3O4/c1-4-37-30(35)18-23-11-5-6-14-29(23)38-20-27-25-17-22(24-12-8-13-26(32-2)31(24)36-3)15-16-28(25)34(33-27)19-21-9-7-10-21/h5-6,8,11-17,21H,4,7,9-10,18-20H2,1,3H3. The lowest BCUT2D eigenvalue weighted by molar-refractivity contribution is -0.142. The van der Waals surface area contributed by atoms with E-state index in [9.17, 15) is 4.79 Å². The lowest BCUT2D eigenvalue weighted by Crippen LogP contribution is -2.18. The average molecular weight is 510 g/mol. The van der Waals surface area contributed by atoms with Crippen LogP contribution in [0.1, 0.15) is 37.4 Å². The van der Waals surface area contributed by atoms with Crippen LogP contribution in [0.2, 0.25) is 0 Å². The summed E-state index contributed by atoms with van der Waals surface area (Å²) < 4.78 is 19.1. The maximum absolute atomic E-state index is 12.1. The first-order valence-corrected chi connectivity index (χ1v) is 13.0. The minimum Gasteiger partial charge on any atom is -0.507 e. The van der Waals surface area contributed by atoms with Crippen LogP contribution in [0.5, 0.6) is 11.5 Å². The van der Waals surface area contributed by atoms with Crippen LogP contribution in [0.4, 0.5) is 5.69 Å². The molecular weight excluding hydrogens is 478 g/mol. The molecule has 0 unspecified atom stereocenters. The second kappa shape index (κ2) is 11.4. The molecule has 0 N–H and O–H groups in total. The molecule has 0 atom stereocenters. The topological polar surface area (TPSA) is 66.9 Å². The molecule has 0 radical (unpaired) electrons. The van der Waals surface area contributed by atoms with E-state index in [1.165, 1.54) is 19.3 Å². The highest BCUT2D eigenvalue weighted by atomic mass is 16.5. The van der Waals surface area contributed by atoms with Crippen molar-refractivity contribution >= 4 is 22.6 Å². The molecule has 0 amide bonds. The van der Waals surface area contributed by atoms with Gasteiger partial charge in [-0.15, -0.1) is 0 Å². The predicted molar refractivity (Wildman–Crippen MR) is 146 cm³/mol. The van der Waals surface area contributed by atoms with Crippen LogP contribution in [0, 0.1) is 12.5 Å². The summed E-state index contributed by atoms with van der Waals surface area (Å²) in [4.78, 5) is 15.7. The first-order chi connectivity index (χ1) is 18.6. The van der Waals surface area contributed by atoms with Gasteiger partial charge in [0.15, 0.2) is 0 Å². The lowest BCUT2D eigenvalue weighted by atomic mass is 9.85. The molecule has 194 valence electrons. The fraction of sp³-hybridized carbons (Fsp3) is 0.323. The largest absolute Gasteiger partial charge is 0.507 e. The number of aromatic nitrogens is 2. The van der Waals surface area contributed by atoms with Crippen LogP contribution in [0.3, 0.4) is 0 Å². The summed E-state index contributed by atoms with van der Waals surface area (Å²) in [5.74, 6) is 1.57. The van der Waals surface area contributed by atoms with E-state index in [4.69, 9.17) is 25.9 Å². The summed E-state index contributed by atoms with van der Waals surface area (Å²) in [5, 5.41) is 5.98. The molecular formula is C31H31N3O4. The van der Waals surface area contributed by atoms with Crippen molar-refractivity contribution in [2.75, 3.05) is 13.7 Å². The Bertz CT molecular complexity index is 1500. The molecule has 38 heavy (non-hydrogen) atoms. The van der Waals surface area contributed by atoms with Gasteiger partial charge in [0.05, 0.1) is 32.2 Å². The van der Waals surface area contributed by atoms with Gasteiger partial charge in [0.25, 0.3) is 0 Å². The lowest BCUT2D eigenvalue weighted by Gasteiger charge is -2.25. The van der Waals surface area contributed by atoms with Crippen LogP contribution in [0.15, 0.2) is 60.7 Å². The second-order valence-electron chi connectivity index (χ2n) is 9.51. The monoisotopic (exact) mass is 509 g/mol. The van der Waals surface area contributed by atoms with Gasteiger partial charge in [0.1, 0.15) is 23.8 Å². The molecule has 5 rings (SSSR count). The van der Waals surface area contributed by atoms with E-state index in [-0.39, 0.29) is 19.0 Å². The van der Waals surface area contributed by atoms with E-state index in [0.29, 0.717) is 29.7 Å². The highest BCUT2D eigenvalue weighted by Gasteiger charge is 2.22. The van der Waals surface area contributed by atoms with Gasteiger partial charge in [-0.2, -0.15) is 5.10 Å². The fourth-order valence-electron chi connectivity index (χ4n) is 4.94. The van der Waals surface area contributed by atoms with Crippen molar-refractivity contribution < 1.29 is 19.0 Å². The Hall–Kier alpha value is -4.31. The van der Waals surface area contributed by atoms with Gasteiger partial charge < -0.3 is 14.2 Å². The van der Waals surface area contributed by atoms with Crippen LogP contribution < -0.4 is 9.47 Å². The molecule has 1 heterocycles. The summed E-state index contributed by atoms with van der Waals surface area (Å²) in [6.45, 7) is 10.8. The maximum atomic E-state index is 12.1. The van der Waals surface area contributed by atoms with Crippen LogP contribution in [-0.2, 0) is 29.1 Å². The summed E-state index contributed by atoms with van der Waals surface area (Å²) in [5.41, 5.74) is 4.96. The minimum atomic E-state index is -0.279.